The first kappa shape index (κ1) is 11.3. The minimum Gasteiger partial charge on any atom is -0.123 e. The number of benzene rings is 1. The summed E-state index contributed by atoms with van der Waals surface area (Å²) >= 11 is 12.3. The first-order valence-corrected chi connectivity index (χ1v) is 6.35. The van der Waals surface area contributed by atoms with E-state index in [0.29, 0.717) is 5.38 Å². The molecule has 0 heterocycles. The van der Waals surface area contributed by atoms with Gasteiger partial charge in [0.25, 0.3) is 0 Å². The molecule has 2 atom stereocenters. The van der Waals surface area contributed by atoms with Crippen LogP contribution >= 0.6 is 23.2 Å². The molecule has 1 aromatic rings. The fourth-order valence-corrected chi connectivity index (χ4v) is 3.02. The van der Waals surface area contributed by atoms with Gasteiger partial charge in [-0.3, -0.25) is 0 Å². The largest absolute Gasteiger partial charge is 0.123 e. The first-order valence-electron chi connectivity index (χ1n) is 5.54. The van der Waals surface area contributed by atoms with Gasteiger partial charge in [-0.15, -0.1) is 11.6 Å². The highest BCUT2D eigenvalue weighted by molar-refractivity contribution is 6.31. The van der Waals surface area contributed by atoms with E-state index < -0.39 is 0 Å². The molecule has 0 amide bonds. The van der Waals surface area contributed by atoms with Gasteiger partial charge in [0.15, 0.2) is 0 Å². The van der Waals surface area contributed by atoms with Crippen LogP contribution in [0, 0.1) is 12.8 Å². The lowest BCUT2D eigenvalue weighted by Gasteiger charge is -2.11. The summed E-state index contributed by atoms with van der Waals surface area (Å²) in [5, 5.41) is 1.30. The minimum absolute atomic E-state index is 0.388. The van der Waals surface area contributed by atoms with Crippen LogP contribution < -0.4 is 0 Å². The Hall–Kier alpha value is -0.200. The Balaban J connectivity index is 2.04. The summed E-state index contributed by atoms with van der Waals surface area (Å²) < 4.78 is 0. The summed E-state index contributed by atoms with van der Waals surface area (Å²) in [6.45, 7) is 2.07. The number of hydrogen-bond donors (Lipinski definition) is 0. The van der Waals surface area contributed by atoms with Crippen molar-refractivity contribution in [3.8, 4) is 0 Å². The van der Waals surface area contributed by atoms with Crippen LogP contribution in [0.3, 0.4) is 0 Å². The summed E-state index contributed by atoms with van der Waals surface area (Å²) in [6.07, 6.45) is 4.64. The summed E-state index contributed by atoms with van der Waals surface area (Å²) in [5.74, 6) is 0.729. The molecule has 0 radical (unpaired) electrons. The Labute approximate surface area is 102 Å². The number of rotatable bonds is 2. The molecule has 2 unspecified atom stereocenters. The highest BCUT2D eigenvalue weighted by atomic mass is 35.5. The van der Waals surface area contributed by atoms with Crippen molar-refractivity contribution in [2.75, 3.05) is 0 Å². The van der Waals surface area contributed by atoms with Crippen molar-refractivity contribution in [3.05, 3.63) is 34.3 Å². The molecule has 2 rings (SSSR count). The van der Waals surface area contributed by atoms with Crippen molar-refractivity contribution in [1.29, 1.82) is 0 Å². The van der Waals surface area contributed by atoms with Gasteiger partial charge in [-0.05, 0) is 55.7 Å². The van der Waals surface area contributed by atoms with Crippen LogP contribution in [0.2, 0.25) is 5.02 Å². The molecule has 2 heteroatoms. The minimum atomic E-state index is 0.388. The van der Waals surface area contributed by atoms with Crippen molar-refractivity contribution < 1.29 is 0 Å². The molecule has 1 aromatic carbocycles. The zero-order valence-corrected chi connectivity index (χ0v) is 10.5. The maximum Gasteiger partial charge on any atom is 0.0440 e. The fourth-order valence-electron chi connectivity index (χ4n) is 2.33. The van der Waals surface area contributed by atoms with Crippen LogP contribution in [0.1, 0.15) is 30.4 Å². The Kier molecular flexibility index (Phi) is 3.58. The molecule has 0 aliphatic heterocycles. The number of halogens is 2. The molecule has 0 nitrogen and oxygen atoms in total. The second-order valence-electron chi connectivity index (χ2n) is 4.58. The van der Waals surface area contributed by atoms with E-state index in [1.165, 1.54) is 17.5 Å². The van der Waals surface area contributed by atoms with E-state index >= 15 is 0 Å². The molecule has 0 saturated heterocycles. The lowest BCUT2D eigenvalue weighted by atomic mass is 9.97. The van der Waals surface area contributed by atoms with Crippen LogP contribution in [0.25, 0.3) is 0 Å². The average Bonchev–Trinajstić information content (AvgIpc) is 2.56. The Bertz CT molecular complexity index is 346. The smallest absolute Gasteiger partial charge is 0.0440 e. The highest BCUT2D eigenvalue weighted by Crippen LogP contribution is 2.33. The van der Waals surface area contributed by atoms with Crippen LogP contribution in [0.5, 0.6) is 0 Å². The molecule has 0 N–H and O–H groups in total. The summed E-state index contributed by atoms with van der Waals surface area (Å²) in [5.41, 5.74) is 2.50. The van der Waals surface area contributed by atoms with E-state index in [0.717, 1.165) is 30.2 Å². The topological polar surface area (TPSA) is 0 Å². The third kappa shape index (κ3) is 2.89. The maximum atomic E-state index is 6.21. The predicted molar refractivity (Wildman–Crippen MR) is 66.9 cm³/mol. The molecule has 82 valence electrons. The molecule has 1 aliphatic rings. The van der Waals surface area contributed by atoms with Gasteiger partial charge in [-0.1, -0.05) is 23.7 Å². The lowest BCUT2D eigenvalue weighted by molar-refractivity contribution is 0.547. The zero-order valence-electron chi connectivity index (χ0n) is 8.97. The summed E-state index contributed by atoms with van der Waals surface area (Å²) in [6, 6.07) is 6.33. The molecule has 1 saturated carbocycles. The normalized spacial score (nSPS) is 25.8. The van der Waals surface area contributed by atoms with Crippen molar-refractivity contribution in [3.63, 3.8) is 0 Å². The van der Waals surface area contributed by atoms with Gasteiger partial charge in [0.05, 0.1) is 0 Å². The van der Waals surface area contributed by atoms with E-state index in [2.05, 4.69) is 19.1 Å². The van der Waals surface area contributed by atoms with Gasteiger partial charge in [0, 0.05) is 10.4 Å². The zero-order chi connectivity index (χ0) is 10.8. The quantitative estimate of drug-likeness (QED) is 0.666. The monoisotopic (exact) mass is 242 g/mol. The predicted octanol–water partition coefficient (Wildman–Crippen LogP) is 4.60. The SMILES string of the molecule is Cc1ccc(CC2CCC(Cl)C2)c(Cl)c1. The molecule has 15 heavy (non-hydrogen) atoms. The van der Waals surface area contributed by atoms with Crippen molar-refractivity contribution >= 4 is 23.2 Å². The second kappa shape index (κ2) is 4.76. The van der Waals surface area contributed by atoms with E-state index in [-0.39, 0.29) is 0 Å². The van der Waals surface area contributed by atoms with Gasteiger partial charge in [-0.25, -0.2) is 0 Å². The standard InChI is InChI=1S/C13H16Cl2/c1-9-2-4-11(13(15)6-9)7-10-3-5-12(14)8-10/h2,4,6,10,12H,3,5,7-8H2,1H3. The Morgan fingerprint density at radius 1 is 1.33 bits per heavy atom. The fraction of sp³-hybridized carbons (Fsp3) is 0.538. The summed E-state index contributed by atoms with van der Waals surface area (Å²) in [7, 11) is 0. The maximum absolute atomic E-state index is 6.21. The molecule has 0 aromatic heterocycles. The molecule has 1 fully saturated rings. The van der Waals surface area contributed by atoms with Gasteiger partial charge in [-0.2, -0.15) is 0 Å². The van der Waals surface area contributed by atoms with Gasteiger partial charge in [0.1, 0.15) is 0 Å². The number of aryl methyl sites for hydroxylation is 1. The van der Waals surface area contributed by atoms with Crippen molar-refractivity contribution in [1.82, 2.24) is 0 Å². The molecular formula is C13H16Cl2. The Morgan fingerprint density at radius 2 is 2.13 bits per heavy atom. The highest BCUT2D eigenvalue weighted by Gasteiger charge is 2.23. The molecule has 0 spiro atoms. The Morgan fingerprint density at radius 3 is 2.73 bits per heavy atom. The molecule has 0 bridgehead atoms. The molecule has 1 aliphatic carbocycles. The van der Waals surface area contributed by atoms with E-state index in [1.807, 2.05) is 6.07 Å². The van der Waals surface area contributed by atoms with Crippen LogP contribution in [0.15, 0.2) is 18.2 Å². The van der Waals surface area contributed by atoms with Gasteiger partial charge < -0.3 is 0 Å². The second-order valence-corrected chi connectivity index (χ2v) is 5.60. The van der Waals surface area contributed by atoms with Crippen LogP contribution in [0.4, 0.5) is 0 Å². The van der Waals surface area contributed by atoms with E-state index in [1.54, 1.807) is 0 Å². The molecular weight excluding hydrogens is 227 g/mol. The summed E-state index contributed by atoms with van der Waals surface area (Å²) in [4.78, 5) is 0. The average molecular weight is 243 g/mol. The van der Waals surface area contributed by atoms with E-state index in [9.17, 15) is 0 Å². The first-order chi connectivity index (χ1) is 7.15. The van der Waals surface area contributed by atoms with Crippen LogP contribution in [-0.4, -0.2) is 5.38 Å². The van der Waals surface area contributed by atoms with Crippen molar-refractivity contribution in [2.45, 2.75) is 38.0 Å². The number of hydrogen-bond acceptors (Lipinski definition) is 0. The van der Waals surface area contributed by atoms with Gasteiger partial charge >= 0.3 is 0 Å². The van der Waals surface area contributed by atoms with E-state index in [4.69, 9.17) is 23.2 Å². The van der Waals surface area contributed by atoms with Crippen molar-refractivity contribution in [2.24, 2.45) is 5.92 Å². The lowest BCUT2D eigenvalue weighted by Crippen LogP contribution is -2.01. The third-order valence-corrected chi connectivity index (χ3v) is 3.94. The van der Waals surface area contributed by atoms with Crippen LogP contribution in [-0.2, 0) is 6.42 Å². The third-order valence-electron chi connectivity index (χ3n) is 3.19. The number of alkyl halides is 1. The van der Waals surface area contributed by atoms with Gasteiger partial charge in [0.2, 0.25) is 0 Å².